The normalized spacial score (nSPS) is 20.1. The van der Waals surface area contributed by atoms with Crippen LogP contribution < -0.4 is 4.72 Å². The zero-order valence-corrected chi connectivity index (χ0v) is 12.4. The molecule has 1 saturated heterocycles. The first kappa shape index (κ1) is 15.6. The maximum atomic E-state index is 12.2. The molecule has 116 valence electrons. The fourth-order valence-electron chi connectivity index (χ4n) is 2.35. The molecule has 1 heterocycles. The van der Waals surface area contributed by atoms with Gasteiger partial charge in [0.2, 0.25) is 0 Å². The number of nitrogens with one attached hydrogen (secondary N) is 1. The number of nitrogens with zero attached hydrogens (tertiary/aromatic N) is 1. The van der Waals surface area contributed by atoms with E-state index in [2.05, 4.69) is 4.72 Å². The molecule has 2 rings (SSSR count). The van der Waals surface area contributed by atoms with Gasteiger partial charge >= 0.3 is 16.2 Å². The molecule has 1 aliphatic rings. The summed E-state index contributed by atoms with van der Waals surface area (Å²) in [7, 11) is -3.69. The van der Waals surface area contributed by atoms with Crippen molar-refractivity contribution in [1.29, 1.82) is 0 Å². The lowest BCUT2D eigenvalue weighted by atomic mass is 10.0. The number of anilines is 1. The molecule has 0 saturated carbocycles. The number of aromatic hydroxyl groups is 1. The van der Waals surface area contributed by atoms with Gasteiger partial charge in [0.1, 0.15) is 11.3 Å². The summed E-state index contributed by atoms with van der Waals surface area (Å²) in [4.78, 5) is 10.8. The van der Waals surface area contributed by atoms with Crippen LogP contribution >= 0.6 is 0 Å². The van der Waals surface area contributed by atoms with Gasteiger partial charge in [0.05, 0.1) is 5.69 Å². The van der Waals surface area contributed by atoms with Gasteiger partial charge in [-0.2, -0.15) is 12.7 Å². The average Bonchev–Trinajstić information content (AvgIpc) is 2.37. The summed E-state index contributed by atoms with van der Waals surface area (Å²) in [5, 5.41) is 18.4. The van der Waals surface area contributed by atoms with E-state index in [4.69, 9.17) is 5.11 Å². The third-order valence-electron chi connectivity index (χ3n) is 3.43. The summed E-state index contributed by atoms with van der Waals surface area (Å²) >= 11 is 0. The van der Waals surface area contributed by atoms with Gasteiger partial charge in [0.15, 0.2) is 0 Å². The highest BCUT2D eigenvalue weighted by molar-refractivity contribution is 7.90. The van der Waals surface area contributed by atoms with Crippen LogP contribution in [0.1, 0.15) is 30.1 Å². The summed E-state index contributed by atoms with van der Waals surface area (Å²) in [5.41, 5.74) is -0.139. The number of aromatic carboxylic acids is 1. The smallest absolute Gasteiger partial charge is 0.339 e. The van der Waals surface area contributed by atoms with E-state index in [1.165, 1.54) is 10.4 Å². The highest BCUT2D eigenvalue weighted by Gasteiger charge is 2.27. The van der Waals surface area contributed by atoms with Crippen molar-refractivity contribution in [2.45, 2.75) is 19.8 Å². The molecule has 1 aromatic carbocycles. The van der Waals surface area contributed by atoms with Crippen LogP contribution in [-0.4, -0.2) is 42.0 Å². The second-order valence-electron chi connectivity index (χ2n) is 5.25. The predicted molar refractivity (Wildman–Crippen MR) is 77.6 cm³/mol. The van der Waals surface area contributed by atoms with Gasteiger partial charge in [0.25, 0.3) is 0 Å². The van der Waals surface area contributed by atoms with Crippen LogP contribution in [0.4, 0.5) is 5.69 Å². The fourth-order valence-corrected chi connectivity index (χ4v) is 3.73. The first-order valence-electron chi connectivity index (χ1n) is 6.64. The molecule has 0 aliphatic carbocycles. The van der Waals surface area contributed by atoms with Crippen molar-refractivity contribution in [2.24, 2.45) is 5.92 Å². The average molecular weight is 314 g/mol. The highest BCUT2D eigenvalue weighted by Crippen LogP contribution is 2.24. The Kier molecular flexibility index (Phi) is 4.38. The van der Waals surface area contributed by atoms with Crippen LogP contribution in [0.3, 0.4) is 0 Å². The number of hydrogen-bond acceptors (Lipinski definition) is 4. The summed E-state index contributed by atoms with van der Waals surface area (Å²) in [6.07, 6.45) is 1.81. The maximum absolute atomic E-state index is 12.2. The van der Waals surface area contributed by atoms with E-state index in [0.717, 1.165) is 25.0 Å². The molecular formula is C13H18N2O5S. The van der Waals surface area contributed by atoms with Crippen molar-refractivity contribution >= 4 is 21.9 Å². The van der Waals surface area contributed by atoms with Gasteiger partial charge in [-0.25, -0.2) is 4.79 Å². The Morgan fingerprint density at radius 3 is 2.71 bits per heavy atom. The standard InChI is InChI=1S/C13H18N2O5S/c1-9-3-2-6-15(8-9)21(19,20)14-10-4-5-11(13(17)18)12(16)7-10/h4-5,7,9,14,16H,2-3,6,8H2,1H3,(H,17,18). The number of rotatable bonds is 4. The highest BCUT2D eigenvalue weighted by atomic mass is 32.2. The largest absolute Gasteiger partial charge is 0.507 e. The molecule has 0 radical (unpaired) electrons. The molecule has 0 spiro atoms. The summed E-state index contributed by atoms with van der Waals surface area (Å²) in [6, 6.07) is 3.57. The van der Waals surface area contributed by atoms with Crippen molar-refractivity contribution in [3.05, 3.63) is 23.8 Å². The number of piperidine rings is 1. The molecule has 1 aromatic rings. The summed E-state index contributed by atoms with van der Waals surface area (Å²) in [6.45, 7) is 2.91. The van der Waals surface area contributed by atoms with Crippen LogP contribution in [0.2, 0.25) is 0 Å². The number of hydrogen-bond donors (Lipinski definition) is 3. The molecule has 0 aromatic heterocycles. The van der Waals surface area contributed by atoms with E-state index < -0.39 is 21.9 Å². The third-order valence-corrected chi connectivity index (χ3v) is 4.94. The second kappa shape index (κ2) is 5.90. The van der Waals surface area contributed by atoms with Gasteiger partial charge in [-0.1, -0.05) is 6.92 Å². The first-order valence-corrected chi connectivity index (χ1v) is 8.08. The molecule has 0 amide bonds. The van der Waals surface area contributed by atoms with Crippen LogP contribution in [0, 0.1) is 5.92 Å². The van der Waals surface area contributed by atoms with Gasteiger partial charge < -0.3 is 10.2 Å². The molecule has 7 nitrogen and oxygen atoms in total. The predicted octanol–water partition coefficient (Wildman–Crippen LogP) is 1.48. The second-order valence-corrected chi connectivity index (χ2v) is 6.92. The Morgan fingerprint density at radius 2 is 2.14 bits per heavy atom. The van der Waals surface area contributed by atoms with Crippen molar-refractivity contribution in [3.8, 4) is 5.75 Å². The quantitative estimate of drug-likeness (QED) is 0.780. The van der Waals surface area contributed by atoms with Gasteiger partial charge in [-0.05, 0) is 30.9 Å². The van der Waals surface area contributed by atoms with Crippen LogP contribution in [-0.2, 0) is 10.2 Å². The molecular weight excluding hydrogens is 296 g/mol. The molecule has 8 heteroatoms. The summed E-state index contributed by atoms with van der Waals surface area (Å²) < 4.78 is 28.2. The van der Waals surface area contributed by atoms with Gasteiger partial charge in [0, 0.05) is 19.2 Å². The van der Waals surface area contributed by atoms with Gasteiger partial charge in [-0.3, -0.25) is 4.72 Å². The zero-order valence-electron chi connectivity index (χ0n) is 11.6. The van der Waals surface area contributed by atoms with E-state index in [9.17, 15) is 18.3 Å². The Labute approximate surface area is 123 Å². The van der Waals surface area contributed by atoms with E-state index in [1.807, 2.05) is 6.92 Å². The number of carboxylic acids is 1. The van der Waals surface area contributed by atoms with Gasteiger partial charge in [-0.15, -0.1) is 0 Å². The Balaban J connectivity index is 2.17. The molecule has 1 atom stereocenters. The number of carbonyl (C=O) groups is 1. The van der Waals surface area contributed by atoms with Crippen molar-refractivity contribution in [1.82, 2.24) is 4.31 Å². The minimum absolute atomic E-state index is 0.135. The van der Waals surface area contributed by atoms with Crippen LogP contribution in [0.25, 0.3) is 0 Å². The van der Waals surface area contributed by atoms with E-state index in [0.29, 0.717) is 19.0 Å². The molecule has 0 bridgehead atoms. The monoisotopic (exact) mass is 314 g/mol. The maximum Gasteiger partial charge on any atom is 0.339 e. The Hall–Kier alpha value is -1.80. The molecule has 21 heavy (non-hydrogen) atoms. The third kappa shape index (κ3) is 3.64. The van der Waals surface area contributed by atoms with Crippen molar-refractivity contribution < 1.29 is 23.4 Å². The topological polar surface area (TPSA) is 107 Å². The number of benzene rings is 1. The molecule has 3 N–H and O–H groups in total. The lowest BCUT2D eigenvalue weighted by Crippen LogP contribution is -2.42. The fraction of sp³-hybridized carbons (Fsp3) is 0.462. The zero-order chi connectivity index (χ0) is 15.6. The van der Waals surface area contributed by atoms with Crippen LogP contribution in [0.5, 0.6) is 5.75 Å². The van der Waals surface area contributed by atoms with Crippen molar-refractivity contribution in [2.75, 3.05) is 17.8 Å². The Morgan fingerprint density at radius 1 is 1.43 bits per heavy atom. The van der Waals surface area contributed by atoms with E-state index in [1.54, 1.807) is 0 Å². The lowest BCUT2D eigenvalue weighted by Gasteiger charge is -2.30. The minimum atomic E-state index is -3.69. The number of carboxylic acid groups (broad SMARTS) is 1. The molecule has 1 fully saturated rings. The summed E-state index contributed by atoms with van der Waals surface area (Å²) in [5.74, 6) is -1.44. The van der Waals surface area contributed by atoms with E-state index >= 15 is 0 Å². The molecule has 1 unspecified atom stereocenters. The SMILES string of the molecule is CC1CCCN(S(=O)(=O)Nc2ccc(C(=O)O)c(O)c2)C1. The number of phenols is 1. The minimum Gasteiger partial charge on any atom is -0.507 e. The van der Waals surface area contributed by atoms with Crippen LogP contribution in [0.15, 0.2) is 18.2 Å². The van der Waals surface area contributed by atoms with Crippen molar-refractivity contribution in [3.63, 3.8) is 0 Å². The molecule has 1 aliphatic heterocycles. The lowest BCUT2D eigenvalue weighted by molar-refractivity contribution is 0.0694. The van der Waals surface area contributed by atoms with E-state index in [-0.39, 0.29) is 11.3 Å². The first-order chi connectivity index (χ1) is 9.79. The Bertz CT molecular complexity index is 644.